The molecule has 0 radical (unpaired) electrons. The number of nitrogens with zero attached hydrogens (tertiary/aromatic N) is 3. The normalized spacial score (nSPS) is 13.4. The lowest BCUT2D eigenvalue weighted by Gasteiger charge is -2.29. The fraction of sp³-hybridized carbons (Fsp3) is 0.125. The number of imidazole rings is 1. The lowest BCUT2D eigenvalue weighted by molar-refractivity contribution is 0.477. The van der Waals surface area contributed by atoms with E-state index in [1.54, 1.807) is 6.07 Å². The van der Waals surface area contributed by atoms with Crippen LogP contribution in [0.25, 0.3) is 17.1 Å². The molecule has 138 valence electrons. The molecule has 1 aliphatic rings. The molecule has 2 heterocycles. The van der Waals surface area contributed by atoms with Gasteiger partial charge in [-0.05, 0) is 36.4 Å². The highest BCUT2D eigenvalue weighted by Gasteiger charge is 2.26. The third-order valence-electron chi connectivity index (χ3n) is 5.30. The number of anilines is 1. The van der Waals surface area contributed by atoms with Gasteiger partial charge in [0.2, 0.25) is 0 Å². The number of fused-ring (bicyclic) bond motifs is 1. The Kier molecular flexibility index (Phi) is 4.09. The third-order valence-corrected chi connectivity index (χ3v) is 5.30. The minimum atomic E-state index is 0.252. The quantitative estimate of drug-likeness (QED) is 0.565. The molecule has 3 aromatic carbocycles. The number of hydrogen-bond acceptors (Lipinski definition) is 3. The first-order valence-corrected chi connectivity index (χ1v) is 9.55. The van der Waals surface area contributed by atoms with E-state index < -0.39 is 0 Å². The van der Waals surface area contributed by atoms with E-state index >= 15 is 0 Å². The smallest absolute Gasteiger partial charge is 0.148 e. The summed E-state index contributed by atoms with van der Waals surface area (Å²) in [5.74, 6) is 1.05. The van der Waals surface area contributed by atoms with E-state index in [1.165, 1.54) is 11.4 Å². The first kappa shape index (κ1) is 16.6. The van der Waals surface area contributed by atoms with Gasteiger partial charge in [0.25, 0.3) is 0 Å². The second-order valence-corrected chi connectivity index (χ2v) is 7.02. The maximum atomic E-state index is 10.5. The number of benzene rings is 3. The highest BCUT2D eigenvalue weighted by Crippen LogP contribution is 2.35. The first-order valence-electron chi connectivity index (χ1n) is 9.55. The van der Waals surface area contributed by atoms with Gasteiger partial charge in [-0.1, -0.05) is 48.5 Å². The number of phenols is 1. The standard InChI is InChI=1S/C24H21N3O/c28-23-14-8-7-13-20(23)24-25-21-15-16-26(18-9-3-1-4-10-18)17-22(21)27(24)19-11-5-2-6-12-19/h1-14,28H,15-17H2. The molecule has 0 atom stereocenters. The molecule has 0 saturated carbocycles. The SMILES string of the molecule is Oc1ccccc1-c1nc2c(n1-c1ccccc1)CN(c1ccccc1)CC2. The molecule has 5 rings (SSSR count). The Bertz CT molecular complexity index is 1100. The highest BCUT2D eigenvalue weighted by atomic mass is 16.3. The van der Waals surface area contributed by atoms with Gasteiger partial charge in [0.15, 0.2) is 0 Å². The van der Waals surface area contributed by atoms with E-state index in [4.69, 9.17) is 4.98 Å². The Balaban J connectivity index is 1.67. The van der Waals surface area contributed by atoms with Crippen molar-refractivity contribution in [3.63, 3.8) is 0 Å². The van der Waals surface area contributed by atoms with Crippen molar-refractivity contribution in [2.45, 2.75) is 13.0 Å². The monoisotopic (exact) mass is 367 g/mol. The van der Waals surface area contributed by atoms with Gasteiger partial charge in [-0.15, -0.1) is 0 Å². The molecule has 0 aliphatic carbocycles. The zero-order valence-electron chi connectivity index (χ0n) is 15.5. The van der Waals surface area contributed by atoms with Crippen LogP contribution >= 0.6 is 0 Å². The predicted molar refractivity (Wildman–Crippen MR) is 112 cm³/mol. The highest BCUT2D eigenvalue weighted by molar-refractivity contribution is 5.67. The lowest BCUT2D eigenvalue weighted by Crippen LogP contribution is -2.31. The molecule has 1 aliphatic heterocycles. The lowest BCUT2D eigenvalue weighted by atomic mass is 10.1. The molecule has 0 spiro atoms. The summed E-state index contributed by atoms with van der Waals surface area (Å²) in [4.78, 5) is 7.35. The second kappa shape index (κ2) is 6.89. The van der Waals surface area contributed by atoms with Crippen LogP contribution < -0.4 is 4.90 Å². The van der Waals surface area contributed by atoms with Crippen molar-refractivity contribution in [2.75, 3.05) is 11.4 Å². The number of hydrogen-bond donors (Lipinski definition) is 1. The van der Waals surface area contributed by atoms with Crippen LogP contribution in [0.3, 0.4) is 0 Å². The van der Waals surface area contributed by atoms with Crippen molar-refractivity contribution in [3.8, 4) is 22.8 Å². The Morgan fingerprint density at radius 3 is 2.11 bits per heavy atom. The Hall–Kier alpha value is -3.53. The van der Waals surface area contributed by atoms with Crippen LogP contribution in [0.15, 0.2) is 84.9 Å². The molecule has 0 fully saturated rings. The van der Waals surface area contributed by atoms with Gasteiger partial charge in [0.1, 0.15) is 11.6 Å². The van der Waals surface area contributed by atoms with Gasteiger partial charge in [0.05, 0.1) is 23.5 Å². The van der Waals surface area contributed by atoms with Crippen LogP contribution in [0.1, 0.15) is 11.4 Å². The van der Waals surface area contributed by atoms with Gasteiger partial charge in [0, 0.05) is 24.3 Å². The van der Waals surface area contributed by atoms with Gasteiger partial charge in [-0.25, -0.2) is 4.98 Å². The predicted octanol–water partition coefficient (Wildman–Crippen LogP) is 4.81. The van der Waals surface area contributed by atoms with E-state index in [0.29, 0.717) is 0 Å². The summed E-state index contributed by atoms with van der Waals surface area (Å²) < 4.78 is 2.19. The molecule has 1 N–H and O–H groups in total. The molecule has 0 bridgehead atoms. The summed E-state index contributed by atoms with van der Waals surface area (Å²) >= 11 is 0. The van der Waals surface area contributed by atoms with Crippen molar-refractivity contribution in [1.29, 1.82) is 0 Å². The van der Waals surface area contributed by atoms with Gasteiger partial charge >= 0.3 is 0 Å². The summed E-state index contributed by atoms with van der Waals surface area (Å²) in [5.41, 5.74) is 5.32. The van der Waals surface area contributed by atoms with Crippen molar-refractivity contribution in [1.82, 2.24) is 9.55 Å². The van der Waals surface area contributed by atoms with E-state index in [1.807, 2.05) is 42.5 Å². The Morgan fingerprint density at radius 1 is 0.750 bits per heavy atom. The Labute approximate surface area is 164 Å². The fourth-order valence-electron chi connectivity index (χ4n) is 3.92. The molecule has 4 nitrogen and oxygen atoms in total. The van der Waals surface area contributed by atoms with Crippen molar-refractivity contribution in [3.05, 3.63) is 96.3 Å². The van der Waals surface area contributed by atoms with Crippen molar-refractivity contribution in [2.24, 2.45) is 0 Å². The summed E-state index contributed by atoms with van der Waals surface area (Å²) in [7, 11) is 0. The van der Waals surface area contributed by atoms with Gasteiger partial charge in [-0.3, -0.25) is 4.57 Å². The largest absolute Gasteiger partial charge is 0.507 e. The molecule has 4 aromatic rings. The molecule has 4 heteroatoms. The minimum Gasteiger partial charge on any atom is -0.507 e. The maximum absolute atomic E-state index is 10.5. The zero-order chi connectivity index (χ0) is 18.9. The summed E-state index contributed by atoms with van der Waals surface area (Å²) in [6.07, 6.45) is 0.880. The van der Waals surface area contributed by atoms with Crippen LogP contribution in [0.5, 0.6) is 5.75 Å². The average molecular weight is 367 g/mol. The summed E-state index contributed by atoms with van der Waals surface area (Å²) in [5, 5.41) is 10.5. The summed E-state index contributed by atoms with van der Waals surface area (Å²) in [6, 6.07) is 28.2. The van der Waals surface area contributed by atoms with E-state index in [9.17, 15) is 5.11 Å². The number of rotatable bonds is 3. The molecule has 0 unspecified atom stereocenters. The third kappa shape index (κ3) is 2.83. The zero-order valence-corrected chi connectivity index (χ0v) is 15.5. The summed E-state index contributed by atoms with van der Waals surface area (Å²) in [6.45, 7) is 1.72. The first-order chi connectivity index (χ1) is 13.8. The molecule has 1 aromatic heterocycles. The number of phenolic OH excluding ortho intramolecular Hbond substituents is 1. The minimum absolute atomic E-state index is 0.252. The number of aromatic nitrogens is 2. The molecule has 0 amide bonds. The molecule has 28 heavy (non-hydrogen) atoms. The van der Waals surface area contributed by atoms with Crippen molar-refractivity contribution < 1.29 is 5.11 Å². The molecule has 0 saturated heterocycles. The second-order valence-electron chi connectivity index (χ2n) is 7.02. The average Bonchev–Trinajstić information content (AvgIpc) is 3.14. The fourth-order valence-corrected chi connectivity index (χ4v) is 3.92. The van der Waals surface area contributed by atoms with E-state index in [2.05, 4.69) is 45.9 Å². The topological polar surface area (TPSA) is 41.3 Å². The Morgan fingerprint density at radius 2 is 1.39 bits per heavy atom. The van der Waals surface area contributed by atoms with Gasteiger partial charge < -0.3 is 10.0 Å². The van der Waals surface area contributed by atoms with E-state index in [0.717, 1.165) is 42.3 Å². The number of para-hydroxylation sites is 3. The van der Waals surface area contributed by atoms with Crippen molar-refractivity contribution >= 4 is 5.69 Å². The van der Waals surface area contributed by atoms with Crippen LogP contribution in [0.4, 0.5) is 5.69 Å². The van der Waals surface area contributed by atoms with Crippen LogP contribution in [-0.4, -0.2) is 21.2 Å². The van der Waals surface area contributed by atoms with Crippen LogP contribution in [0.2, 0.25) is 0 Å². The van der Waals surface area contributed by atoms with Crippen LogP contribution in [-0.2, 0) is 13.0 Å². The number of aromatic hydroxyl groups is 1. The maximum Gasteiger partial charge on any atom is 0.148 e. The van der Waals surface area contributed by atoms with E-state index in [-0.39, 0.29) is 5.75 Å². The molecular formula is C24H21N3O. The van der Waals surface area contributed by atoms with Crippen LogP contribution in [0, 0.1) is 0 Å². The molecular weight excluding hydrogens is 346 g/mol. The van der Waals surface area contributed by atoms with Gasteiger partial charge in [-0.2, -0.15) is 0 Å².